The number of alkyl halides is 3. The molecule has 0 saturated heterocycles. The molecular weight excluding hydrogens is 395 g/mol. The Labute approximate surface area is 163 Å². The number of halogens is 4. The van der Waals surface area contributed by atoms with Crippen molar-refractivity contribution in [1.29, 1.82) is 0 Å². The van der Waals surface area contributed by atoms with Crippen LogP contribution in [0.25, 0.3) is 0 Å². The van der Waals surface area contributed by atoms with Crippen molar-refractivity contribution in [2.75, 3.05) is 0 Å². The maximum Gasteiger partial charge on any atom is 0.573 e. The lowest BCUT2D eigenvalue weighted by Gasteiger charge is -2.13. The number of benzene rings is 2. The van der Waals surface area contributed by atoms with Crippen LogP contribution in [0.3, 0.4) is 0 Å². The lowest BCUT2D eigenvalue weighted by molar-refractivity contribution is -0.274. The minimum atomic E-state index is -4.74. The summed E-state index contributed by atoms with van der Waals surface area (Å²) in [5.74, 6) is -0.0683. The molecule has 146 valence electrons. The molecule has 4 nitrogen and oxygen atoms in total. The van der Waals surface area contributed by atoms with E-state index in [1.54, 1.807) is 0 Å². The fourth-order valence-corrected chi connectivity index (χ4v) is 2.80. The molecule has 0 aliphatic rings. The van der Waals surface area contributed by atoms with E-state index >= 15 is 0 Å². The van der Waals surface area contributed by atoms with Crippen molar-refractivity contribution in [3.8, 4) is 11.5 Å². The Bertz CT molecular complexity index is 986. The third kappa shape index (κ3) is 5.29. The second-order valence-electron chi connectivity index (χ2n) is 5.93. The smallest absolute Gasteiger partial charge is 0.487 e. The summed E-state index contributed by atoms with van der Waals surface area (Å²) in [6.07, 6.45) is -2.96. The molecule has 8 heteroatoms. The van der Waals surface area contributed by atoms with Crippen LogP contribution in [0.4, 0.5) is 13.2 Å². The van der Waals surface area contributed by atoms with Gasteiger partial charge in [0, 0.05) is 18.2 Å². The number of nitrogens with one attached hydrogen (secondary N) is 1. The minimum Gasteiger partial charge on any atom is -0.487 e. The predicted molar refractivity (Wildman–Crippen MR) is 98.8 cm³/mol. The highest BCUT2D eigenvalue weighted by molar-refractivity contribution is 6.31. The fourth-order valence-electron chi connectivity index (χ4n) is 2.57. The zero-order valence-electron chi connectivity index (χ0n) is 14.4. The first-order valence-electron chi connectivity index (χ1n) is 8.23. The molecule has 1 N–H and O–H groups in total. The van der Waals surface area contributed by atoms with Gasteiger partial charge in [0.2, 0.25) is 0 Å². The van der Waals surface area contributed by atoms with Gasteiger partial charge in [-0.3, -0.25) is 4.79 Å². The molecule has 0 unspecified atom stereocenters. The van der Waals surface area contributed by atoms with E-state index in [4.69, 9.17) is 16.3 Å². The summed E-state index contributed by atoms with van der Waals surface area (Å²) in [6.45, 7) is 0.218. The van der Waals surface area contributed by atoms with Gasteiger partial charge < -0.3 is 14.5 Å². The quantitative estimate of drug-likeness (QED) is 0.616. The molecule has 0 spiro atoms. The lowest BCUT2D eigenvalue weighted by Crippen LogP contribution is -2.17. The third-order valence-electron chi connectivity index (χ3n) is 3.85. The predicted octanol–water partition coefficient (Wildman–Crippen LogP) is 5.10. The molecule has 1 aromatic heterocycles. The standard InChI is InChI=1S/C20H15ClF3NO3/c21-17-18(27-12-14-4-2-1-3-5-14)15(11-25-19(17)26)10-13-6-8-16(9-7-13)28-20(22,23)24/h1-9,11H,10,12H2,(H,25,26). The van der Waals surface area contributed by atoms with Gasteiger partial charge in [-0.2, -0.15) is 0 Å². The van der Waals surface area contributed by atoms with E-state index in [0.717, 1.165) is 5.56 Å². The molecule has 2 aromatic carbocycles. The van der Waals surface area contributed by atoms with Gasteiger partial charge >= 0.3 is 6.36 Å². The third-order valence-corrected chi connectivity index (χ3v) is 4.19. The Balaban J connectivity index is 1.80. The molecule has 0 aliphatic carbocycles. The molecule has 0 bridgehead atoms. The van der Waals surface area contributed by atoms with Gasteiger partial charge in [0.15, 0.2) is 0 Å². The van der Waals surface area contributed by atoms with Gasteiger partial charge in [-0.1, -0.05) is 54.1 Å². The molecule has 3 aromatic rings. The maximum atomic E-state index is 12.3. The Hall–Kier alpha value is -2.93. The van der Waals surface area contributed by atoms with Gasteiger partial charge in [-0.05, 0) is 23.3 Å². The number of H-pyrrole nitrogens is 1. The number of ether oxygens (including phenoxy) is 2. The average Bonchev–Trinajstić information content (AvgIpc) is 2.65. The zero-order valence-corrected chi connectivity index (χ0v) is 15.2. The largest absolute Gasteiger partial charge is 0.573 e. The zero-order chi connectivity index (χ0) is 20.1. The van der Waals surface area contributed by atoms with Gasteiger partial charge in [0.25, 0.3) is 5.56 Å². The number of hydrogen-bond acceptors (Lipinski definition) is 3. The number of aromatic amines is 1. The Morgan fingerprint density at radius 3 is 2.29 bits per heavy atom. The van der Waals surface area contributed by atoms with Gasteiger partial charge in [0.05, 0.1) is 0 Å². The van der Waals surface area contributed by atoms with Crippen LogP contribution in [0.5, 0.6) is 11.5 Å². The monoisotopic (exact) mass is 409 g/mol. The van der Waals surface area contributed by atoms with E-state index in [1.165, 1.54) is 30.5 Å². The first kappa shape index (κ1) is 19.8. The second kappa shape index (κ2) is 8.39. The lowest BCUT2D eigenvalue weighted by atomic mass is 10.1. The van der Waals surface area contributed by atoms with Crippen LogP contribution in [-0.4, -0.2) is 11.3 Å². The first-order chi connectivity index (χ1) is 13.3. The summed E-state index contributed by atoms with van der Waals surface area (Å²) in [6, 6.07) is 14.8. The topological polar surface area (TPSA) is 51.3 Å². The SMILES string of the molecule is O=c1[nH]cc(Cc2ccc(OC(F)(F)F)cc2)c(OCc2ccccc2)c1Cl. The summed E-state index contributed by atoms with van der Waals surface area (Å²) >= 11 is 6.11. The van der Waals surface area contributed by atoms with E-state index in [0.29, 0.717) is 17.5 Å². The Morgan fingerprint density at radius 2 is 1.64 bits per heavy atom. The highest BCUT2D eigenvalue weighted by Gasteiger charge is 2.30. The van der Waals surface area contributed by atoms with Crippen LogP contribution in [0.15, 0.2) is 65.6 Å². The maximum absolute atomic E-state index is 12.3. The molecule has 1 heterocycles. The molecule has 0 atom stereocenters. The van der Waals surface area contributed by atoms with Gasteiger partial charge in [-0.25, -0.2) is 0 Å². The van der Waals surface area contributed by atoms with Gasteiger partial charge in [0.1, 0.15) is 23.1 Å². The van der Waals surface area contributed by atoms with Crippen molar-refractivity contribution in [1.82, 2.24) is 4.98 Å². The Morgan fingerprint density at radius 1 is 0.964 bits per heavy atom. The number of pyridine rings is 1. The number of rotatable bonds is 6. The highest BCUT2D eigenvalue weighted by Crippen LogP contribution is 2.29. The summed E-state index contributed by atoms with van der Waals surface area (Å²) in [7, 11) is 0. The average molecular weight is 410 g/mol. The van der Waals surface area contributed by atoms with Crippen molar-refractivity contribution < 1.29 is 22.6 Å². The van der Waals surface area contributed by atoms with E-state index in [-0.39, 0.29) is 23.1 Å². The second-order valence-corrected chi connectivity index (χ2v) is 6.31. The molecular formula is C20H15ClF3NO3. The first-order valence-corrected chi connectivity index (χ1v) is 8.61. The summed E-state index contributed by atoms with van der Waals surface area (Å²) < 4.78 is 46.4. The summed E-state index contributed by atoms with van der Waals surface area (Å²) in [5.41, 5.74) is 1.72. The molecule has 0 radical (unpaired) electrons. The van der Waals surface area contributed by atoms with E-state index < -0.39 is 11.9 Å². The van der Waals surface area contributed by atoms with Gasteiger partial charge in [-0.15, -0.1) is 13.2 Å². The molecule has 0 aliphatic heterocycles. The van der Waals surface area contributed by atoms with Crippen LogP contribution in [0.2, 0.25) is 5.02 Å². The van der Waals surface area contributed by atoms with Crippen molar-refractivity contribution >= 4 is 11.6 Å². The summed E-state index contributed by atoms with van der Waals surface area (Å²) in [4.78, 5) is 14.4. The van der Waals surface area contributed by atoms with Crippen LogP contribution < -0.4 is 15.0 Å². The fraction of sp³-hybridized carbons (Fsp3) is 0.150. The van der Waals surface area contributed by atoms with E-state index in [1.807, 2.05) is 30.3 Å². The number of hydrogen-bond donors (Lipinski definition) is 1. The number of aromatic nitrogens is 1. The van der Waals surface area contributed by atoms with Crippen LogP contribution in [0, 0.1) is 0 Å². The van der Waals surface area contributed by atoms with Crippen molar-refractivity contribution in [2.45, 2.75) is 19.4 Å². The normalized spacial score (nSPS) is 11.3. The van der Waals surface area contributed by atoms with Crippen LogP contribution in [-0.2, 0) is 13.0 Å². The minimum absolute atomic E-state index is 0.0783. The molecule has 3 rings (SSSR count). The van der Waals surface area contributed by atoms with Crippen molar-refractivity contribution in [2.24, 2.45) is 0 Å². The Kier molecular flexibility index (Phi) is 5.94. The van der Waals surface area contributed by atoms with E-state index in [9.17, 15) is 18.0 Å². The molecule has 0 amide bonds. The van der Waals surface area contributed by atoms with Crippen LogP contribution in [0.1, 0.15) is 16.7 Å². The van der Waals surface area contributed by atoms with Crippen molar-refractivity contribution in [3.05, 3.63) is 92.9 Å². The molecule has 0 saturated carbocycles. The van der Waals surface area contributed by atoms with E-state index in [2.05, 4.69) is 9.72 Å². The molecule has 0 fully saturated rings. The molecule has 28 heavy (non-hydrogen) atoms. The highest BCUT2D eigenvalue weighted by atomic mass is 35.5. The summed E-state index contributed by atoms with van der Waals surface area (Å²) in [5, 5.41) is -0.0783. The van der Waals surface area contributed by atoms with Crippen molar-refractivity contribution in [3.63, 3.8) is 0 Å². The van der Waals surface area contributed by atoms with Crippen LogP contribution >= 0.6 is 11.6 Å².